The Labute approximate surface area is 119 Å². The van der Waals surface area contributed by atoms with E-state index in [1.807, 2.05) is 30.3 Å². The Balaban J connectivity index is 2.01. The van der Waals surface area contributed by atoms with Gasteiger partial charge in [-0.2, -0.15) is 18.3 Å². The molecule has 1 heterocycles. The van der Waals surface area contributed by atoms with E-state index in [0.29, 0.717) is 10.6 Å². The van der Waals surface area contributed by atoms with Crippen molar-refractivity contribution >= 4 is 5.91 Å². The molecule has 112 valence electrons. The summed E-state index contributed by atoms with van der Waals surface area (Å²) in [7, 11) is 1.12. The smallest absolute Gasteiger partial charge is 0.335 e. The number of carbonyl (C=O) groups is 1. The topological polar surface area (TPSA) is 38.1 Å². The number of hydrogen-bond acceptors (Lipinski definition) is 2. The van der Waals surface area contributed by atoms with Crippen molar-refractivity contribution < 1.29 is 18.0 Å². The molecule has 21 heavy (non-hydrogen) atoms. The Morgan fingerprint density at radius 2 is 1.90 bits per heavy atom. The average Bonchev–Trinajstić information content (AvgIpc) is 2.86. The predicted octanol–water partition coefficient (Wildman–Crippen LogP) is 2.57. The number of amides is 1. The van der Waals surface area contributed by atoms with Gasteiger partial charge in [0.25, 0.3) is 0 Å². The Bertz CT molecular complexity index is 607. The van der Waals surface area contributed by atoms with Crippen LogP contribution in [-0.4, -0.2) is 40.4 Å². The molecule has 0 aliphatic carbocycles. The van der Waals surface area contributed by atoms with Crippen LogP contribution in [0.2, 0.25) is 0 Å². The first-order valence-corrected chi connectivity index (χ1v) is 6.25. The fourth-order valence-corrected chi connectivity index (χ4v) is 1.83. The molecule has 0 saturated carbocycles. The number of alkyl halides is 3. The van der Waals surface area contributed by atoms with Crippen LogP contribution < -0.4 is 0 Å². The second-order valence-electron chi connectivity index (χ2n) is 4.63. The standard InChI is InChI=1S/C14H14F3N3O/c1-19(10-14(15,16)17)13(21)9-20-8-7-12(18-20)11-5-3-2-4-6-11/h2-8H,9-10H2,1H3. The van der Waals surface area contributed by atoms with Crippen LogP contribution in [0.4, 0.5) is 13.2 Å². The van der Waals surface area contributed by atoms with Gasteiger partial charge >= 0.3 is 6.18 Å². The van der Waals surface area contributed by atoms with Crippen LogP contribution in [0.5, 0.6) is 0 Å². The van der Waals surface area contributed by atoms with E-state index in [4.69, 9.17) is 0 Å². The van der Waals surface area contributed by atoms with Gasteiger partial charge < -0.3 is 4.90 Å². The number of aromatic nitrogens is 2. The van der Waals surface area contributed by atoms with Gasteiger partial charge in [-0.1, -0.05) is 30.3 Å². The number of nitrogens with zero attached hydrogens (tertiary/aromatic N) is 3. The lowest BCUT2D eigenvalue weighted by atomic mass is 10.2. The maximum atomic E-state index is 12.2. The number of rotatable bonds is 4. The number of hydrogen-bond donors (Lipinski definition) is 0. The second-order valence-corrected chi connectivity index (χ2v) is 4.63. The number of benzene rings is 1. The molecule has 0 N–H and O–H groups in total. The van der Waals surface area contributed by atoms with Crippen LogP contribution in [0.1, 0.15) is 0 Å². The summed E-state index contributed by atoms with van der Waals surface area (Å²) in [6.07, 6.45) is -2.83. The summed E-state index contributed by atoms with van der Waals surface area (Å²) >= 11 is 0. The number of halogens is 3. The fourth-order valence-electron chi connectivity index (χ4n) is 1.83. The molecule has 7 heteroatoms. The lowest BCUT2D eigenvalue weighted by molar-refractivity contribution is -0.158. The normalized spacial score (nSPS) is 11.4. The highest BCUT2D eigenvalue weighted by atomic mass is 19.4. The molecule has 4 nitrogen and oxygen atoms in total. The largest absolute Gasteiger partial charge is 0.406 e. The predicted molar refractivity (Wildman–Crippen MR) is 71.4 cm³/mol. The van der Waals surface area contributed by atoms with E-state index in [9.17, 15) is 18.0 Å². The lowest BCUT2D eigenvalue weighted by Crippen LogP contribution is -2.37. The second kappa shape index (κ2) is 5.99. The first-order valence-electron chi connectivity index (χ1n) is 6.25. The number of likely N-dealkylation sites (N-methyl/N-ethyl adjacent to an activating group) is 1. The summed E-state index contributed by atoms with van der Waals surface area (Å²) < 4.78 is 38.0. The van der Waals surface area contributed by atoms with Gasteiger partial charge in [0.1, 0.15) is 13.1 Å². The zero-order valence-electron chi connectivity index (χ0n) is 11.3. The SMILES string of the molecule is CN(CC(F)(F)F)C(=O)Cn1ccc(-c2ccccc2)n1. The van der Waals surface area contributed by atoms with Crippen molar-refractivity contribution in [3.63, 3.8) is 0 Å². The molecule has 1 aromatic carbocycles. The van der Waals surface area contributed by atoms with Crippen molar-refractivity contribution in [2.75, 3.05) is 13.6 Å². The Hall–Kier alpha value is -2.31. The minimum Gasteiger partial charge on any atom is -0.335 e. The van der Waals surface area contributed by atoms with Crippen molar-refractivity contribution in [2.45, 2.75) is 12.7 Å². The van der Waals surface area contributed by atoms with Gasteiger partial charge in [0.15, 0.2) is 0 Å². The first kappa shape index (κ1) is 15.1. The van der Waals surface area contributed by atoms with Gasteiger partial charge in [-0.05, 0) is 6.07 Å². The minimum absolute atomic E-state index is 0.223. The van der Waals surface area contributed by atoms with Crippen LogP contribution in [0, 0.1) is 0 Å². The van der Waals surface area contributed by atoms with E-state index in [0.717, 1.165) is 12.6 Å². The van der Waals surface area contributed by atoms with Gasteiger partial charge in [0, 0.05) is 18.8 Å². The Kier molecular flexibility index (Phi) is 4.30. The molecule has 2 aromatic rings. The van der Waals surface area contributed by atoms with Crippen molar-refractivity contribution in [2.24, 2.45) is 0 Å². The van der Waals surface area contributed by atoms with Gasteiger partial charge in [0.2, 0.25) is 5.91 Å². The fraction of sp³-hybridized carbons (Fsp3) is 0.286. The Morgan fingerprint density at radius 1 is 1.24 bits per heavy atom. The van der Waals surface area contributed by atoms with Gasteiger partial charge in [-0.3, -0.25) is 9.48 Å². The van der Waals surface area contributed by atoms with Crippen molar-refractivity contribution in [3.8, 4) is 11.3 Å². The molecule has 1 amide bonds. The zero-order valence-corrected chi connectivity index (χ0v) is 11.3. The molecule has 0 atom stereocenters. The summed E-state index contributed by atoms with van der Waals surface area (Å²) in [6, 6.07) is 11.0. The summed E-state index contributed by atoms with van der Waals surface area (Å²) in [5.41, 5.74) is 1.55. The summed E-state index contributed by atoms with van der Waals surface area (Å²) in [4.78, 5) is 12.3. The van der Waals surface area contributed by atoms with Crippen LogP contribution in [-0.2, 0) is 11.3 Å². The highest BCUT2D eigenvalue weighted by Crippen LogP contribution is 2.17. The molecule has 0 aliphatic rings. The van der Waals surface area contributed by atoms with Crippen molar-refractivity contribution in [1.29, 1.82) is 0 Å². The summed E-state index contributed by atoms with van der Waals surface area (Å²) in [6.45, 7) is -1.49. The van der Waals surface area contributed by atoms with Crippen molar-refractivity contribution in [3.05, 3.63) is 42.6 Å². The third kappa shape index (κ3) is 4.34. The summed E-state index contributed by atoms with van der Waals surface area (Å²) in [5.74, 6) is -0.643. The maximum absolute atomic E-state index is 12.2. The zero-order chi connectivity index (χ0) is 15.5. The molecular weight excluding hydrogens is 283 g/mol. The van der Waals surface area contributed by atoms with Gasteiger partial charge in [-0.15, -0.1) is 0 Å². The van der Waals surface area contributed by atoms with Gasteiger partial charge in [0.05, 0.1) is 5.69 Å². The van der Waals surface area contributed by atoms with Crippen LogP contribution >= 0.6 is 0 Å². The molecule has 1 aromatic heterocycles. The molecule has 0 saturated heterocycles. The van der Waals surface area contributed by atoms with Gasteiger partial charge in [-0.25, -0.2) is 0 Å². The summed E-state index contributed by atoms with van der Waals surface area (Å²) in [5, 5.41) is 4.19. The monoisotopic (exact) mass is 297 g/mol. The van der Waals surface area contributed by atoms with Crippen LogP contribution in [0.3, 0.4) is 0 Å². The first-order chi connectivity index (χ1) is 9.85. The number of carbonyl (C=O) groups excluding carboxylic acids is 1. The molecule has 0 bridgehead atoms. The Morgan fingerprint density at radius 3 is 2.52 bits per heavy atom. The molecule has 0 aliphatic heterocycles. The van der Waals surface area contributed by atoms with E-state index < -0.39 is 18.6 Å². The minimum atomic E-state index is -4.40. The van der Waals surface area contributed by atoms with E-state index in [-0.39, 0.29) is 6.54 Å². The van der Waals surface area contributed by atoms with E-state index >= 15 is 0 Å². The lowest BCUT2D eigenvalue weighted by Gasteiger charge is -2.18. The molecule has 0 spiro atoms. The third-order valence-electron chi connectivity index (χ3n) is 2.85. The van der Waals surface area contributed by atoms with Crippen LogP contribution in [0.15, 0.2) is 42.6 Å². The third-order valence-corrected chi connectivity index (χ3v) is 2.85. The average molecular weight is 297 g/mol. The molecular formula is C14H14F3N3O. The molecule has 0 fully saturated rings. The van der Waals surface area contributed by atoms with Crippen LogP contribution in [0.25, 0.3) is 11.3 Å². The van der Waals surface area contributed by atoms with E-state index in [2.05, 4.69) is 5.10 Å². The van der Waals surface area contributed by atoms with Crippen molar-refractivity contribution in [1.82, 2.24) is 14.7 Å². The van der Waals surface area contributed by atoms with E-state index in [1.165, 1.54) is 4.68 Å². The molecule has 0 unspecified atom stereocenters. The highest BCUT2D eigenvalue weighted by Gasteiger charge is 2.31. The molecule has 2 rings (SSSR count). The quantitative estimate of drug-likeness (QED) is 0.870. The maximum Gasteiger partial charge on any atom is 0.406 e. The van der Waals surface area contributed by atoms with E-state index in [1.54, 1.807) is 12.3 Å². The molecule has 0 radical (unpaired) electrons. The highest BCUT2D eigenvalue weighted by molar-refractivity contribution is 5.75.